The minimum Gasteiger partial charge on any atom is -0.454 e. The zero-order chi connectivity index (χ0) is 23.0. The number of amides is 2. The lowest BCUT2D eigenvalue weighted by molar-refractivity contribution is -0.155. The molecule has 2 amide bonds. The fraction of sp³-hybridized carbons (Fsp3) is 0.240. The number of hydrogen-bond donors (Lipinski definition) is 1. The van der Waals surface area contributed by atoms with Crippen molar-refractivity contribution in [3.05, 3.63) is 78.1 Å². The first kappa shape index (κ1) is 21.5. The molecule has 2 fully saturated rings. The molecule has 168 valence electrons. The highest BCUT2D eigenvalue weighted by Gasteiger charge is 2.57. The van der Waals surface area contributed by atoms with Gasteiger partial charge >= 0.3 is 5.97 Å². The fourth-order valence-electron chi connectivity index (χ4n) is 4.52. The van der Waals surface area contributed by atoms with Gasteiger partial charge in [0.1, 0.15) is 16.7 Å². The molecule has 5 rings (SSSR count). The van der Waals surface area contributed by atoms with Crippen molar-refractivity contribution in [2.75, 3.05) is 17.7 Å². The second-order valence-electron chi connectivity index (χ2n) is 8.10. The van der Waals surface area contributed by atoms with Crippen LogP contribution in [0, 0.1) is 5.82 Å². The van der Waals surface area contributed by atoms with E-state index in [-0.39, 0.29) is 11.7 Å². The zero-order valence-corrected chi connectivity index (χ0v) is 18.4. The third-order valence-corrected chi connectivity index (χ3v) is 7.67. The van der Waals surface area contributed by atoms with Crippen LogP contribution in [0.25, 0.3) is 10.8 Å². The smallest absolute Gasteiger partial charge is 0.330 e. The van der Waals surface area contributed by atoms with Crippen molar-refractivity contribution in [1.29, 1.82) is 0 Å². The molecule has 2 saturated heterocycles. The molecule has 8 heteroatoms. The third-order valence-electron chi connectivity index (χ3n) is 6.07. The van der Waals surface area contributed by atoms with Crippen LogP contribution in [-0.2, 0) is 24.0 Å². The predicted molar refractivity (Wildman–Crippen MR) is 124 cm³/mol. The van der Waals surface area contributed by atoms with Gasteiger partial charge in [0.2, 0.25) is 5.91 Å². The number of esters is 1. The first-order valence-corrected chi connectivity index (χ1v) is 11.6. The van der Waals surface area contributed by atoms with E-state index < -0.39 is 29.4 Å². The van der Waals surface area contributed by atoms with Crippen LogP contribution >= 0.6 is 11.8 Å². The van der Waals surface area contributed by atoms with Gasteiger partial charge in [-0.05, 0) is 47.0 Å². The van der Waals surface area contributed by atoms with Crippen LogP contribution in [-0.4, -0.2) is 41.1 Å². The van der Waals surface area contributed by atoms with Crippen molar-refractivity contribution in [3.63, 3.8) is 0 Å². The van der Waals surface area contributed by atoms with E-state index in [0.29, 0.717) is 24.3 Å². The molecule has 0 saturated carbocycles. The molecule has 1 N–H and O–H groups in total. The number of halogens is 1. The molecule has 0 aliphatic carbocycles. The summed E-state index contributed by atoms with van der Waals surface area (Å²) in [6, 6.07) is 18.6. The lowest BCUT2D eigenvalue weighted by Crippen LogP contribution is -2.47. The molecule has 0 bridgehead atoms. The van der Waals surface area contributed by atoms with Crippen LogP contribution in [0.1, 0.15) is 18.4 Å². The van der Waals surface area contributed by atoms with Gasteiger partial charge in [-0.25, -0.2) is 9.18 Å². The lowest BCUT2D eigenvalue weighted by atomic mass is 10.0. The molecule has 2 aliphatic rings. The van der Waals surface area contributed by atoms with Crippen molar-refractivity contribution in [2.45, 2.75) is 23.8 Å². The Hall–Kier alpha value is -3.39. The monoisotopic (exact) mass is 464 g/mol. The Kier molecular flexibility index (Phi) is 5.54. The minimum absolute atomic E-state index is 0.146. The van der Waals surface area contributed by atoms with Crippen molar-refractivity contribution < 1.29 is 23.5 Å². The Labute approximate surface area is 194 Å². The summed E-state index contributed by atoms with van der Waals surface area (Å²) in [7, 11) is 0. The summed E-state index contributed by atoms with van der Waals surface area (Å²) in [5, 5.41) is 4.78. The number of benzene rings is 3. The molecule has 33 heavy (non-hydrogen) atoms. The first-order valence-electron chi connectivity index (χ1n) is 10.6. The number of thioether (sulfide) groups is 1. The minimum atomic E-state index is -0.788. The van der Waals surface area contributed by atoms with Crippen LogP contribution in [0.3, 0.4) is 0 Å². The molecule has 3 aromatic rings. The average Bonchev–Trinajstić information content (AvgIpc) is 3.37. The number of nitrogens with zero attached hydrogens (tertiary/aromatic N) is 1. The number of hydrogen-bond acceptors (Lipinski definition) is 5. The summed E-state index contributed by atoms with van der Waals surface area (Å²) >= 11 is 1.48. The quantitative estimate of drug-likeness (QED) is 0.577. The number of fused-ring (bicyclic) bond motifs is 2. The maximum absolute atomic E-state index is 13.4. The zero-order valence-electron chi connectivity index (χ0n) is 17.6. The molecule has 2 aliphatic heterocycles. The van der Waals surface area contributed by atoms with Gasteiger partial charge < -0.3 is 15.0 Å². The number of ether oxygens (including phenoxy) is 1. The Morgan fingerprint density at radius 1 is 1.09 bits per heavy atom. The molecule has 0 aromatic heterocycles. The van der Waals surface area contributed by atoms with Crippen LogP contribution < -0.4 is 5.32 Å². The molecule has 6 nitrogen and oxygen atoms in total. The highest BCUT2D eigenvalue weighted by Crippen LogP contribution is 2.54. The fourth-order valence-corrected chi connectivity index (χ4v) is 6.16. The van der Waals surface area contributed by atoms with E-state index >= 15 is 0 Å². The summed E-state index contributed by atoms with van der Waals surface area (Å²) in [6.45, 7) is -0.446. The van der Waals surface area contributed by atoms with Crippen LogP contribution in [0.15, 0.2) is 66.7 Å². The van der Waals surface area contributed by atoms with Gasteiger partial charge in [-0.2, -0.15) is 0 Å². The van der Waals surface area contributed by atoms with Gasteiger partial charge in [0.05, 0.1) is 0 Å². The third kappa shape index (κ3) is 3.95. The SMILES string of the molecule is O=C(COC(=O)C1CSC2(c3ccc(F)cc3)CCC(=O)N12)Nc1ccc2ccccc2c1. The van der Waals surface area contributed by atoms with E-state index in [4.69, 9.17) is 4.74 Å². The second kappa shape index (κ2) is 8.51. The average molecular weight is 465 g/mol. The second-order valence-corrected chi connectivity index (χ2v) is 9.40. The van der Waals surface area contributed by atoms with Gasteiger partial charge in [0.25, 0.3) is 5.91 Å². The molecule has 2 heterocycles. The standard InChI is InChI=1S/C25H21FN2O4S/c26-19-8-6-18(7-9-19)25-12-11-23(30)28(25)21(15-33-25)24(31)32-14-22(29)27-20-10-5-16-3-1-2-4-17(16)13-20/h1-10,13,21H,11-12,14-15H2,(H,27,29). The highest BCUT2D eigenvalue weighted by atomic mass is 32.2. The summed E-state index contributed by atoms with van der Waals surface area (Å²) < 4.78 is 18.7. The molecule has 0 radical (unpaired) electrons. The Bertz CT molecular complexity index is 1250. The molecular formula is C25H21FN2O4S. The van der Waals surface area contributed by atoms with Crippen LogP contribution in [0.5, 0.6) is 0 Å². The molecule has 2 atom stereocenters. The summed E-state index contributed by atoms with van der Waals surface area (Å²) in [5.74, 6) is -1.22. The topological polar surface area (TPSA) is 75.7 Å². The maximum Gasteiger partial charge on any atom is 0.330 e. The van der Waals surface area contributed by atoms with Crippen molar-refractivity contribution in [3.8, 4) is 0 Å². The molecule has 0 spiro atoms. The van der Waals surface area contributed by atoms with Gasteiger partial charge in [0, 0.05) is 17.9 Å². The summed E-state index contributed by atoms with van der Waals surface area (Å²) in [5.41, 5.74) is 1.39. The van der Waals surface area contributed by atoms with Crippen molar-refractivity contribution >= 4 is 46.0 Å². The normalized spacial score (nSPS) is 21.8. The number of carbonyl (C=O) groups is 3. The van der Waals surface area contributed by atoms with E-state index in [1.807, 2.05) is 36.4 Å². The van der Waals surface area contributed by atoms with Crippen molar-refractivity contribution in [2.24, 2.45) is 0 Å². The van der Waals surface area contributed by atoms with Gasteiger partial charge in [-0.3, -0.25) is 9.59 Å². The first-order chi connectivity index (χ1) is 16.0. The molecule has 3 aromatic carbocycles. The Morgan fingerprint density at radius 2 is 1.85 bits per heavy atom. The van der Waals surface area contributed by atoms with E-state index in [1.165, 1.54) is 23.9 Å². The maximum atomic E-state index is 13.4. The number of anilines is 1. The van der Waals surface area contributed by atoms with Gasteiger partial charge in [0.15, 0.2) is 6.61 Å². The van der Waals surface area contributed by atoms with Crippen molar-refractivity contribution in [1.82, 2.24) is 4.90 Å². The summed E-state index contributed by atoms with van der Waals surface area (Å²) in [6.07, 6.45) is 0.838. The van der Waals surface area contributed by atoms with Gasteiger partial charge in [-0.15, -0.1) is 11.8 Å². The summed E-state index contributed by atoms with van der Waals surface area (Å²) in [4.78, 5) is 38.7. The number of carbonyl (C=O) groups excluding carboxylic acids is 3. The Morgan fingerprint density at radius 3 is 2.64 bits per heavy atom. The lowest BCUT2D eigenvalue weighted by Gasteiger charge is -2.33. The predicted octanol–water partition coefficient (Wildman–Crippen LogP) is 4.05. The molecule has 2 unspecified atom stereocenters. The number of rotatable bonds is 5. The largest absolute Gasteiger partial charge is 0.454 e. The van der Waals surface area contributed by atoms with E-state index in [2.05, 4.69) is 5.32 Å². The number of nitrogens with one attached hydrogen (secondary N) is 1. The van der Waals surface area contributed by atoms with Gasteiger partial charge in [-0.1, -0.05) is 42.5 Å². The molecular weight excluding hydrogens is 443 g/mol. The van der Waals surface area contributed by atoms with E-state index in [9.17, 15) is 18.8 Å². The van der Waals surface area contributed by atoms with Crippen LogP contribution in [0.4, 0.5) is 10.1 Å². The van der Waals surface area contributed by atoms with Crippen LogP contribution in [0.2, 0.25) is 0 Å². The van der Waals surface area contributed by atoms with E-state index in [1.54, 1.807) is 23.1 Å². The highest BCUT2D eigenvalue weighted by molar-refractivity contribution is 8.00. The van der Waals surface area contributed by atoms with E-state index in [0.717, 1.165) is 16.3 Å². The Balaban J connectivity index is 1.24.